The minimum Gasteiger partial charge on any atom is -0.377 e. The minimum atomic E-state index is -0.518. The topological polar surface area (TPSA) is 64.8 Å². The number of nitrogens with two attached hydrogens (primary N) is 1. The van der Waals surface area contributed by atoms with E-state index >= 15 is 0 Å². The average Bonchev–Trinajstić information content (AvgIpc) is 2.44. The van der Waals surface area contributed by atoms with E-state index in [9.17, 15) is 4.79 Å². The summed E-state index contributed by atoms with van der Waals surface area (Å²) in [6, 6.07) is 0. The van der Waals surface area contributed by atoms with Crippen LogP contribution in [0.3, 0.4) is 0 Å². The molecule has 0 aromatic rings. The normalized spacial score (nSPS) is 24.7. The number of amides is 1. The molecule has 0 aromatic heterocycles. The highest BCUT2D eigenvalue weighted by Crippen LogP contribution is 2.07. The van der Waals surface area contributed by atoms with Gasteiger partial charge in [0, 0.05) is 33.4 Å². The van der Waals surface area contributed by atoms with Gasteiger partial charge in [0.15, 0.2) is 0 Å². The van der Waals surface area contributed by atoms with E-state index in [4.69, 9.17) is 15.2 Å². The third kappa shape index (κ3) is 3.44. The van der Waals surface area contributed by atoms with Gasteiger partial charge in [-0.05, 0) is 13.3 Å². The van der Waals surface area contributed by atoms with Crippen LogP contribution in [0, 0.1) is 0 Å². The van der Waals surface area contributed by atoms with E-state index in [0.29, 0.717) is 13.2 Å². The molecule has 15 heavy (non-hydrogen) atoms. The first-order valence-corrected chi connectivity index (χ1v) is 5.32. The van der Waals surface area contributed by atoms with Gasteiger partial charge in [0.25, 0.3) is 5.91 Å². The van der Waals surface area contributed by atoms with Gasteiger partial charge in [-0.2, -0.15) is 0 Å². The summed E-state index contributed by atoms with van der Waals surface area (Å²) < 4.78 is 10.5. The lowest BCUT2D eigenvalue weighted by Gasteiger charge is -2.25. The van der Waals surface area contributed by atoms with E-state index in [0.717, 1.165) is 13.0 Å². The molecule has 1 heterocycles. The van der Waals surface area contributed by atoms with Crippen molar-refractivity contribution in [1.82, 2.24) is 4.90 Å². The third-order valence-corrected chi connectivity index (χ3v) is 2.54. The summed E-state index contributed by atoms with van der Waals surface area (Å²) in [4.78, 5) is 13.7. The quantitative estimate of drug-likeness (QED) is 0.697. The molecule has 1 amide bonds. The number of carbonyl (C=O) groups excluding carboxylic acids is 1. The van der Waals surface area contributed by atoms with E-state index in [1.807, 2.05) is 6.92 Å². The average molecular weight is 216 g/mol. The summed E-state index contributed by atoms with van der Waals surface area (Å²) in [5.74, 6) is -0.0302. The zero-order valence-corrected chi connectivity index (χ0v) is 9.44. The molecular formula is C10H20N2O3. The van der Waals surface area contributed by atoms with Gasteiger partial charge in [-0.25, -0.2) is 0 Å². The molecule has 1 rings (SSSR count). The number of methoxy groups -OCH3 is 1. The first-order valence-electron chi connectivity index (χ1n) is 5.32. The predicted octanol–water partition coefficient (Wildman–Crippen LogP) is -0.402. The number of ether oxygens (including phenoxy) is 2. The molecule has 2 unspecified atom stereocenters. The van der Waals surface area contributed by atoms with Crippen LogP contribution in [0.5, 0.6) is 0 Å². The second-order valence-electron chi connectivity index (χ2n) is 3.78. The molecule has 0 aliphatic carbocycles. The van der Waals surface area contributed by atoms with Crippen LogP contribution in [0.4, 0.5) is 0 Å². The fourth-order valence-corrected chi connectivity index (χ4v) is 1.70. The minimum absolute atomic E-state index is 0.0302. The second kappa shape index (κ2) is 6.05. The van der Waals surface area contributed by atoms with Crippen molar-refractivity contribution in [3.63, 3.8) is 0 Å². The molecule has 5 heteroatoms. The van der Waals surface area contributed by atoms with E-state index < -0.39 is 6.10 Å². The molecule has 0 saturated carbocycles. The van der Waals surface area contributed by atoms with Crippen LogP contribution in [0.25, 0.3) is 0 Å². The van der Waals surface area contributed by atoms with Gasteiger partial charge in [-0.1, -0.05) is 0 Å². The summed E-state index contributed by atoms with van der Waals surface area (Å²) >= 11 is 0. The number of rotatable bonds is 3. The van der Waals surface area contributed by atoms with Crippen molar-refractivity contribution < 1.29 is 14.3 Å². The molecule has 1 saturated heterocycles. The Morgan fingerprint density at radius 3 is 3.07 bits per heavy atom. The monoisotopic (exact) mass is 216 g/mol. The maximum atomic E-state index is 11.9. The second-order valence-corrected chi connectivity index (χ2v) is 3.78. The van der Waals surface area contributed by atoms with Crippen LogP contribution < -0.4 is 5.73 Å². The van der Waals surface area contributed by atoms with Crippen molar-refractivity contribution in [2.45, 2.75) is 25.6 Å². The van der Waals surface area contributed by atoms with Gasteiger partial charge in [0.2, 0.25) is 0 Å². The lowest BCUT2D eigenvalue weighted by molar-refractivity contribution is -0.142. The molecule has 2 atom stereocenters. The van der Waals surface area contributed by atoms with Crippen molar-refractivity contribution >= 4 is 5.91 Å². The first kappa shape index (κ1) is 12.4. The number of nitrogens with zero attached hydrogens (tertiary/aromatic N) is 1. The molecule has 1 aliphatic rings. The van der Waals surface area contributed by atoms with E-state index in [-0.39, 0.29) is 18.6 Å². The molecule has 1 fully saturated rings. The third-order valence-electron chi connectivity index (χ3n) is 2.54. The molecule has 5 nitrogen and oxygen atoms in total. The number of hydrogen-bond acceptors (Lipinski definition) is 4. The zero-order chi connectivity index (χ0) is 11.3. The van der Waals surface area contributed by atoms with Gasteiger partial charge >= 0.3 is 0 Å². The Morgan fingerprint density at radius 1 is 1.73 bits per heavy atom. The standard InChI is InChI=1S/C10H20N2O3/c1-8-7-12(4-3-5-15-8)10(13)9(6-11)14-2/h8-9H,3-7,11H2,1-2H3. The summed E-state index contributed by atoms with van der Waals surface area (Å²) in [5, 5.41) is 0. The maximum Gasteiger partial charge on any atom is 0.253 e. The Labute approximate surface area is 90.5 Å². The van der Waals surface area contributed by atoms with Crippen LogP contribution in [0.2, 0.25) is 0 Å². The fraction of sp³-hybridized carbons (Fsp3) is 0.900. The Hall–Kier alpha value is -0.650. The van der Waals surface area contributed by atoms with Crippen molar-refractivity contribution in [2.75, 3.05) is 33.4 Å². The SMILES string of the molecule is COC(CN)C(=O)N1CCCOC(C)C1. The van der Waals surface area contributed by atoms with Crippen molar-refractivity contribution in [3.05, 3.63) is 0 Å². The molecule has 0 bridgehead atoms. The Bertz CT molecular complexity index is 207. The Balaban J connectivity index is 2.56. The molecule has 1 aliphatic heterocycles. The molecule has 0 spiro atoms. The summed E-state index contributed by atoms with van der Waals surface area (Å²) in [6.07, 6.45) is 0.443. The molecule has 0 aromatic carbocycles. The summed E-state index contributed by atoms with van der Waals surface area (Å²) in [7, 11) is 1.51. The maximum absolute atomic E-state index is 11.9. The predicted molar refractivity (Wildman–Crippen MR) is 56.5 cm³/mol. The van der Waals surface area contributed by atoms with Crippen LogP contribution in [0.1, 0.15) is 13.3 Å². The van der Waals surface area contributed by atoms with Crippen LogP contribution in [-0.2, 0) is 14.3 Å². The summed E-state index contributed by atoms with van der Waals surface area (Å²) in [5.41, 5.74) is 5.46. The molecule has 88 valence electrons. The van der Waals surface area contributed by atoms with Gasteiger partial charge in [0.05, 0.1) is 6.10 Å². The van der Waals surface area contributed by atoms with Crippen LogP contribution in [-0.4, -0.2) is 56.4 Å². The highest BCUT2D eigenvalue weighted by Gasteiger charge is 2.25. The van der Waals surface area contributed by atoms with Gasteiger partial charge in [0.1, 0.15) is 6.10 Å². The summed E-state index contributed by atoms with van der Waals surface area (Å²) in [6.45, 7) is 4.25. The van der Waals surface area contributed by atoms with E-state index in [2.05, 4.69) is 0 Å². The van der Waals surface area contributed by atoms with Gasteiger partial charge < -0.3 is 20.1 Å². The number of hydrogen-bond donors (Lipinski definition) is 1. The van der Waals surface area contributed by atoms with Crippen LogP contribution in [0.15, 0.2) is 0 Å². The smallest absolute Gasteiger partial charge is 0.253 e. The van der Waals surface area contributed by atoms with Gasteiger partial charge in [-0.3, -0.25) is 4.79 Å². The largest absolute Gasteiger partial charge is 0.377 e. The van der Waals surface area contributed by atoms with E-state index in [1.54, 1.807) is 4.90 Å². The lowest BCUT2D eigenvalue weighted by Crippen LogP contribution is -2.45. The highest BCUT2D eigenvalue weighted by molar-refractivity contribution is 5.81. The first-order chi connectivity index (χ1) is 7.19. The Morgan fingerprint density at radius 2 is 2.47 bits per heavy atom. The molecule has 2 N–H and O–H groups in total. The Kier molecular flexibility index (Phi) is 5.01. The lowest BCUT2D eigenvalue weighted by atomic mass is 10.2. The van der Waals surface area contributed by atoms with Crippen molar-refractivity contribution in [3.8, 4) is 0 Å². The fourth-order valence-electron chi connectivity index (χ4n) is 1.70. The van der Waals surface area contributed by atoms with Crippen LogP contribution >= 0.6 is 0 Å². The highest BCUT2D eigenvalue weighted by atomic mass is 16.5. The number of carbonyl (C=O) groups is 1. The zero-order valence-electron chi connectivity index (χ0n) is 9.44. The van der Waals surface area contributed by atoms with Gasteiger partial charge in [-0.15, -0.1) is 0 Å². The molecular weight excluding hydrogens is 196 g/mol. The molecule has 0 radical (unpaired) electrons. The van der Waals surface area contributed by atoms with Crippen molar-refractivity contribution in [2.24, 2.45) is 5.73 Å². The van der Waals surface area contributed by atoms with Crippen molar-refractivity contribution in [1.29, 1.82) is 0 Å². The van der Waals surface area contributed by atoms with E-state index in [1.165, 1.54) is 7.11 Å².